The lowest BCUT2D eigenvalue weighted by atomic mass is 10.2. The zero-order chi connectivity index (χ0) is 17.9. The fourth-order valence-electron chi connectivity index (χ4n) is 2.95. The fourth-order valence-corrected chi connectivity index (χ4v) is 2.95. The first-order valence-electron chi connectivity index (χ1n) is 8.48. The minimum absolute atomic E-state index is 0.0658. The Morgan fingerprint density at radius 3 is 2.58 bits per heavy atom. The predicted molar refractivity (Wildman–Crippen MR) is 94.5 cm³/mol. The number of amides is 1. The van der Waals surface area contributed by atoms with Gasteiger partial charge in [-0.05, 0) is 40.8 Å². The lowest BCUT2D eigenvalue weighted by Gasteiger charge is -2.24. The monoisotopic (exact) mass is 335 g/mol. The van der Waals surface area contributed by atoms with Crippen LogP contribution in [0.15, 0.2) is 0 Å². The Balaban J connectivity index is 2.24. The molecule has 24 heavy (non-hydrogen) atoms. The molecule has 7 heteroatoms. The Kier molecular flexibility index (Phi) is 6.12. The zero-order valence-corrected chi connectivity index (χ0v) is 15.4. The number of nitrogens with zero attached hydrogens (tertiary/aromatic N) is 5. The number of aliphatic hydroxyl groups is 1. The van der Waals surface area contributed by atoms with E-state index in [0.29, 0.717) is 19.0 Å². The molecule has 2 rings (SSSR count). The topological polar surface area (TPSA) is 72.8 Å². The molecule has 0 aliphatic carbocycles. The van der Waals surface area contributed by atoms with Gasteiger partial charge in [0.2, 0.25) is 5.82 Å². The molecule has 2 heterocycles. The highest BCUT2D eigenvalue weighted by molar-refractivity contribution is 5.90. The number of aliphatic hydroxyl groups excluding tert-OH is 1. The standard InChI is InChI=1S/C17H29N5O2/c1-12-13(2)18-15(17(24)21(5)8-6-10-23)19-16(12)22-9-7-14(11-22)20(3)4/h14,23H,6-11H2,1-5H3/t14-/m1/s1. The average molecular weight is 335 g/mol. The Morgan fingerprint density at radius 1 is 1.29 bits per heavy atom. The number of hydrogen-bond donors (Lipinski definition) is 1. The van der Waals surface area contributed by atoms with Gasteiger partial charge >= 0.3 is 0 Å². The summed E-state index contributed by atoms with van der Waals surface area (Å²) in [4.78, 5) is 27.6. The van der Waals surface area contributed by atoms with E-state index in [1.807, 2.05) is 13.8 Å². The van der Waals surface area contributed by atoms with E-state index in [0.717, 1.165) is 36.6 Å². The van der Waals surface area contributed by atoms with E-state index in [4.69, 9.17) is 5.11 Å². The highest BCUT2D eigenvalue weighted by Crippen LogP contribution is 2.25. The van der Waals surface area contributed by atoms with Gasteiger partial charge in [-0.2, -0.15) is 0 Å². The summed E-state index contributed by atoms with van der Waals surface area (Å²) < 4.78 is 0. The van der Waals surface area contributed by atoms with Crippen molar-refractivity contribution in [2.45, 2.75) is 32.7 Å². The smallest absolute Gasteiger partial charge is 0.291 e. The highest BCUT2D eigenvalue weighted by atomic mass is 16.3. The highest BCUT2D eigenvalue weighted by Gasteiger charge is 2.28. The summed E-state index contributed by atoms with van der Waals surface area (Å²) >= 11 is 0. The van der Waals surface area contributed by atoms with E-state index in [-0.39, 0.29) is 18.3 Å². The molecular weight excluding hydrogens is 306 g/mol. The molecule has 0 saturated carbocycles. The van der Waals surface area contributed by atoms with Crippen molar-refractivity contribution in [3.05, 3.63) is 17.1 Å². The van der Waals surface area contributed by atoms with E-state index in [9.17, 15) is 4.79 Å². The number of likely N-dealkylation sites (N-methyl/N-ethyl adjacent to an activating group) is 1. The van der Waals surface area contributed by atoms with Gasteiger partial charge in [0.15, 0.2) is 0 Å². The molecule has 0 radical (unpaired) electrons. The van der Waals surface area contributed by atoms with E-state index in [2.05, 4.69) is 33.9 Å². The van der Waals surface area contributed by atoms with Crippen LogP contribution < -0.4 is 4.90 Å². The first kappa shape index (κ1) is 18.6. The van der Waals surface area contributed by atoms with Gasteiger partial charge in [-0.1, -0.05) is 0 Å². The minimum atomic E-state index is -0.198. The molecule has 1 aromatic heterocycles. The quantitative estimate of drug-likeness (QED) is 0.824. The van der Waals surface area contributed by atoms with Gasteiger partial charge in [-0.3, -0.25) is 4.79 Å². The van der Waals surface area contributed by atoms with Gasteiger partial charge in [0.05, 0.1) is 0 Å². The summed E-state index contributed by atoms with van der Waals surface area (Å²) in [5.41, 5.74) is 1.87. The largest absolute Gasteiger partial charge is 0.396 e. The molecule has 1 fully saturated rings. The molecule has 1 aliphatic rings. The van der Waals surface area contributed by atoms with Crippen molar-refractivity contribution in [3.8, 4) is 0 Å². The Hall–Kier alpha value is -1.73. The second kappa shape index (κ2) is 7.90. The Morgan fingerprint density at radius 2 is 2.00 bits per heavy atom. The molecule has 0 spiro atoms. The maximum absolute atomic E-state index is 12.5. The third kappa shape index (κ3) is 4.02. The van der Waals surface area contributed by atoms with Crippen molar-refractivity contribution in [1.29, 1.82) is 0 Å². The Bertz CT molecular complexity index is 591. The van der Waals surface area contributed by atoms with Crippen molar-refractivity contribution in [2.75, 3.05) is 52.3 Å². The van der Waals surface area contributed by atoms with Crippen molar-refractivity contribution in [1.82, 2.24) is 19.8 Å². The summed E-state index contributed by atoms with van der Waals surface area (Å²) in [6.07, 6.45) is 1.64. The third-order valence-electron chi connectivity index (χ3n) is 4.75. The minimum Gasteiger partial charge on any atom is -0.396 e. The molecule has 0 bridgehead atoms. The van der Waals surface area contributed by atoms with Crippen molar-refractivity contribution in [3.63, 3.8) is 0 Å². The van der Waals surface area contributed by atoms with Gasteiger partial charge < -0.3 is 19.8 Å². The van der Waals surface area contributed by atoms with Crippen molar-refractivity contribution in [2.24, 2.45) is 0 Å². The van der Waals surface area contributed by atoms with Crippen LogP contribution in [0.1, 0.15) is 34.7 Å². The maximum atomic E-state index is 12.5. The molecule has 1 aromatic rings. The number of hydrogen-bond acceptors (Lipinski definition) is 6. The number of carbonyl (C=O) groups excluding carboxylic acids is 1. The SMILES string of the molecule is Cc1nc(C(=O)N(C)CCCO)nc(N2CC[C@@H](N(C)C)C2)c1C. The molecule has 7 nitrogen and oxygen atoms in total. The summed E-state index contributed by atoms with van der Waals surface area (Å²) in [5, 5.41) is 8.93. The number of aromatic nitrogens is 2. The average Bonchev–Trinajstić information content (AvgIpc) is 3.04. The van der Waals surface area contributed by atoms with E-state index in [1.165, 1.54) is 0 Å². The van der Waals surface area contributed by atoms with Crippen LogP contribution in [-0.2, 0) is 0 Å². The van der Waals surface area contributed by atoms with Crippen LogP contribution in [0.2, 0.25) is 0 Å². The van der Waals surface area contributed by atoms with E-state index in [1.54, 1.807) is 11.9 Å². The number of carbonyl (C=O) groups is 1. The number of rotatable bonds is 6. The normalized spacial score (nSPS) is 17.6. The molecule has 0 unspecified atom stereocenters. The number of aryl methyl sites for hydroxylation is 1. The molecule has 0 aromatic carbocycles. The first-order valence-corrected chi connectivity index (χ1v) is 8.48. The van der Waals surface area contributed by atoms with Gasteiger partial charge in [-0.15, -0.1) is 0 Å². The first-order chi connectivity index (χ1) is 11.3. The maximum Gasteiger partial charge on any atom is 0.291 e. The fraction of sp³-hybridized carbons (Fsp3) is 0.706. The van der Waals surface area contributed by atoms with Crippen molar-refractivity contribution < 1.29 is 9.90 Å². The van der Waals surface area contributed by atoms with Crippen LogP contribution in [-0.4, -0.2) is 84.2 Å². The summed E-state index contributed by atoms with van der Waals surface area (Å²) in [6, 6.07) is 0.506. The van der Waals surface area contributed by atoms with Gasteiger partial charge in [-0.25, -0.2) is 9.97 Å². The third-order valence-corrected chi connectivity index (χ3v) is 4.75. The van der Waals surface area contributed by atoms with Gasteiger partial charge in [0.25, 0.3) is 5.91 Å². The van der Waals surface area contributed by atoms with Crippen LogP contribution in [0.3, 0.4) is 0 Å². The van der Waals surface area contributed by atoms with Crippen LogP contribution >= 0.6 is 0 Å². The summed E-state index contributed by atoms with van der Waals surface area (Å²) in [6.45, 7) is 6.35. The predicted octanol–water partition coefficient (Wildman–Crippen LogP) is 0.688. The zero-order valence-electron chi connectivity index (χ0n) is 15.4. The van der Waals surface area contributed by atoms with Crippen molar-refractivity contribution >= 4 is 11.7 Å². The van der Waals surface area contributed by atoms with E-state index >= 15 is 0 Å². The molecule has 134 valence electrons. The second-order valence-electron chi connectivity index (χ2n) is 6.74. The van der Waals surface area contributed by atoms with Gasteiger partial charge in [0, 0.05) is 50.6 Å². The van der Waals surface area contributed by atoms with Crippen LogP contribution in [0.4, 0.5) is 5.82 Å². The molecule has 1 aliphatic heterocycles. The molecule has 1 N–H and O–H groups in total. The van der Waals surface area contributed by atoms with E-state index < -0.39 is 0 Å². The molecule has 1 atom stereocenters. The molecule has 1 amide bonds. The molecule has 1 saturated heterocycles. The second-order valence-corrected chi connectivity index (χ2v) is 6.74. The van der Waals surface area contributed by atoms with Crippen LogP contribution in [0.25, 0.3) is 0 Å². The lowest BCUT2D eigenvalue weighted by Crippen LogP contribution is -2.33. The molecular formula is C17H29N5O2. The summed E-state index contributed by atoms with van der Waals surface area (Å²) in [7, 11) is 5.91. The van der Waals surface area contributed by atoms with Gasteiger partial charge in [0.1, 0.15) is 5.82 Å². The van der Waals surface area contributed by atoms with Crippen LogP contribution in [0, 0.1) is 13.8 Å². The lowest BCUT2D eigenvalue weighted by molar-refractivity contribution is 0.0774. The summed E-state index contributed by atoms with van der Waals surface area (Å²) in [5.74, 6) is 0.906. The van der Waals surface area contributed by atoms with Crippen LogP contribution in [0.5, 0.6) is 0 Å². The Labute approximate surface area is 144 Å². The number of anilines is 1.